The van der Waals surface area contributed by atoms with Gasteiger partial charge in [-0.2, -0.15) is 0 Å². The van der Waals surface area contributed by atoms with E-state index in [9.17, 15) is 0 Å². The van der Waals surface area contributed by atoms with Gasteiger partial charge >= 0.3 is 0 Å². The molecule has 4 aromatic heterocycles. The third-order valence-corrected chi connectivity index (χ3v) is 9.23. The molecule has 6 heteroatoms. The average molecular weight is 693 g/mol. The third-order valence-electron chi connectivity index (χ3n) is 9.23. The van der Waals surface area contributed by atoms with Crippen LogP contribution in [0.3, 0.4) is 0 Å². The molecular weight excluding hydrogens is 661 g/mol. The Labute approximate surface area is 313 Å². The molecule has 5 aromatic carbocycles. The smallest absolute Gasteiger partial charge is 0.164 e. The largest absolute Gasteiger partial charge is 0.255 e. The van der Waals surface area contributed by atoms with Crippen molar-refractivity contribution < 1.29 is 0 Å². The van der Waals surface area contributed by atoms with Crippen LogP contribution in [-0.2, 0) is 0 Å². The van der Waals surface area contributed by atoms with Crippen LogP contribution >= 0.6 is 0 Å². The topological polar surface area (TPSA) is 77.3 Å². The highest BCUT2D eigenvalue weighted by Gasteiger charge is 2.18. The van der Waals surface area contributed by atoms with Gasteiger partial charge in [0.2, 0.25) is 0 Å². The SMILES string of the molecule is c1ccc(-c2cc(-c3ccccn3)nc(-c3cccc(-c4ccccc4-c4ccccc4-c4nc(-c5ccccc5)nc(-c5ccccc5)n4)n3)c2)cc1. The normalized spacial score (nSPS) is 11.0. The van der Waals surface area contributed by atoms with Crippen molar-refractivity contribution in [2.45, 2.75) is 0 Å². The highest BCUT2D eigenvalue weighted by Crippen LogP contribution is 2.38. The summed E-state index contributed by atoms with van der Waals surface area (Å²) in [6.45, 7) is 0. The molecule has 0 aliphatic carbocycles. The second-order valence-electron chi connectivity index (χ2n) is 12.7. The monoisotopic (exact) mass is 692 g/mol. The van der Waals surface area contributed by atoms with Gasteiger partial charge < -0.3 is 0 Å². The molecule has 254 valence electrons. The lowest BCUT2D eigenvalue weighted by Crippen LogP contribution is -2.01. The molecule has 0 radical (unpaired) electrons. The number of hydrogen-bond acceptors (Lipinski definition) is 6. The number of hydrogen-bond donors (Lipinski definition) is 0. The Morgan fingerprint density at radius 3 is 1.30 bits per heavy atom. The highest BCUT2D eigenvalue weighted by molar-refractivity contribution is 5.90. The van der Waals surface area contributed by atoms with Gasteiger partial charge in [-0.25, -0.2) is 24.9 Å². The summed E-state index contributed by atoms with van der Waals surface area (Å²) in [4.78, 5) is 30.0. The van der Waals surface area contributed by atoms with E-state index in [2.05, 4.69) is 71.7 Å². The molecule has 9 rings (SSSR count). The van der Waals surface area contributed by atoms with Gasteiger partial charge in [0.15, 0.2) is 17.5 Å². The average Bonchev–Trinajstić information content (AvgIpc) is 3.27. The maximum atomic E-state index is 5.25. The summed E-state index contributed by atoms with van der Waals surface area (Å²) in [7, 11) is 0. The van der Waals surface area contributed by atoms with Crippen molar-refractivity contribution in [3.05, 3.63) is 194 Å². The van der Waals surface area contributed by atoms with E-state index in [1.165, 1.54) is 0 Å². The van der Waals surface area contributed by atoms with Crippen molar-refractivity contribution in [2.24, 2.45) is 0 Å². The van der Waals surface area contributed by atoms with E-state index in [-0.39, 0.29) is 0 Å². The molecule has 0 fully saturated rings. The first-order valence-corrected chi connectivity index (χ1v) is 17.8. The Kier molecular flexibility index (Phi) is 8.81. The van der Waals surface area contributed by atoms with Crippen LogP contribution in [0.4, 0.5) is 0 Å². The Balaban J connectivity index is 1.17. The van der Waals surface area contributed by atoms with Gasteiger partial charge in [0.25, 0.3) is 0 Å². The minimum absolute atomic E-state index is 0.596. The fourth-order valence-electron chi connectivity index (χ4n) is 6.62. The highest BCUT2D eigenvalue weighted by atomic mass is 15.0. The van der Waals surface area contributed by atoms with E-state index in [4.69, 9.17) is 24.9 Å². The molecule has 0 amide bonds. The summed E-state index contributed by atoms with van der Waals surface area (Å²) >= 11 is 0. The molecule has 4 heterocycles. The number of pyridine rings is 3. The zero-order valence-corrected chi connectivity index (χ0v) is 29.2. The quantitative estimate of drug-likeness (QED) is 0.158. The van der Waals surface area contributed by atoms with Crippen molar-refractivity contribution in [2.75, 3.05) is 0 Å². The molecule has 54 heavy (non-hydrogen) atoms. The van der Waals surface area contributed by atoms with Gasteiger partial charge in [-0.15, -0.1) is 0 Å². The maximum Gasteiger partial charge on any atom is 0.164 e. The van der Waals surface area contributed by atoms with Crippen molar-refractivity contribution >= 4 is 0 Å². The molecule has 0 unspecified atom stereocenters. The Bertz CT molecular complexity index is 2590. The molecule has 0 spiro atoms. The van der Waals surface area contributed by atoms with Crippen molar-refractivity contribution in [3.63, 3.8) is 0 Å². The van der Waals surface area contributed by atoms with Crippen LogP contribution in [0.2, 0.25) is 0 Å². The van der Waals surface area contributed by atoms with Crippen molar-refractivity contribution in [1.29, 1.82) is 0 Å². The maximum absolute atomic E-state index is 5.25. The number of nitrogens with zero attached hydrogens (tertiary/aromatic N) is 6. The predicted octanol–water partition coefficient (Wildman–Crippen LogP) is 11.4. The molecular formula is C48H32N6. The van der Waals surface area contributed by atoms with Crippen LogP contribution in [-0.4, -0.2) is 29.9 Å². The lowest BCUT2D eigenvalue weighted by molar-refractivity contribution is 1.07. The number of rotatable bonds is 8. The van der Waals surface area contributed by atoms with Gasteiger partial charge in [-0.3, -0.25) is 4.98 Å². The van der Waals surface area contributed by atoms with Gasteiger partial charge in [-0.1, -0.05) is 152 Å². The molecule has 0 atom stereocenters. The second kappa shape index (κ2) is 14.7. The van der Waals surface area contributed by atoms with Crippen LogP contribution < -0.4 is 0 Å². The molecule has 0 saturated carbocycles. The molecule has 0 saturated heterocycles. The van der Waals surface area contributed by atoms with Crippen LogP contribution in [0.25, 0.3) is 90.5 Å². The van der Waals surface area contributed by atoms with Crippen LogP contribution in [0.15, 0.2) is 194 Å². The van der Waals surface area contributed by atoms with E-state index in [1.807, 2.05) is 121 Å². The number of aromatic nitrogens is 6. The summed E-state index contributed by atoms with van der Waals surface area (Å²) in [5, 5.41) is 0. The van der Waals surface area contributed by atoms with E-state index >= 15 is 0 Å². The first-order chi connectivity index (χ1) is 26.8. The van der Waals surface area contributed by atoms with E-state index in [1.54, 1.807) is 6.20 Å². The first kappa shape index (κ1) is 32.5. The summed E-state index contributed by atoms with van der Waals surface area (Å²) in [6, 6.07) is 63.2. The zero-order chi connectivity index (χ0) is 36.1. The van der Waals surface area contributed by atoms with Gasteiger partial charge in [-0.05, 0) is 58.7 Å². The van der Waals surface area contributed by atoms with E-state index in [0.29, 0.717) is 17.5 Å². The van der Waals surface area contributed by atoms with E-state index in [0.717, 1.165) is 73.0 Å². The molecule has 0 N–H and O–H groups in total. The second-order valence-corrected chi connectivity index (χ2v) is 12.7. The minimum atomic E-state index is 0.596. The Hall–Kier alpha value is -7.44. The summed E-state index contributed by atoms with van der Waals surface area (Å²) in [6.07, 6.45) is 1.79. The van der Waals surface area contributed by atoms with Crippen molar-refractivity contribution in [3.8, 4) is 90.5 Å². The van der Waals surface area contributed by atoms with E-state index < -0.39 is 0 Å². The van der Waals surface area contributed by atoms with Crippen LogP contribution in [0.5, 0.6) is 0 Å². The lowest BCUT2D eigenvalue weighted by atomic mass is 9.93. The molecule has 0 aliphatic heterocycles. The molecule has 0 aliphatic rings. The van der Waals surface area contributed by atoms with Gasteiger partial charge in [0.05, 0.1) is 28.5 Å². The summed E-state index contributed by atoms with van der Waals surface area (Å²) in [5.74, 6) is 1.83. The van der Waals surface area contributed by atoms with Crippen LogP contribution in [0.1, 0.15) is 0 Å². The summed E-state index contributed by atoms with van der Waals surface area (Å²) < 4.78 is 0. The third kappa shape index (κ3) is 6.67. The first-order valence-electron chi connectivity index (χ1n) is 17.8. The Morgan fingerprint density at radius 1 is 0.241 bits per heavy atom. The minimum Gasteiger partial charge on any atom is -0.255 e. The fourth-order valence-corrected chi connectivity index (χ4v) is 6.62. The predicted molar refractivity (Wildman–Crippen MR) is 217 cm³/mol. The standard InChI is InChI=1S/C48H32N6/c1-4-17-33(18-5-1)36-31-44(42-27-14-15-30-49-42)51-45(32-36)43-29-16-28-41(50-43)39-25-12-10-23-37(39)38-24-11-13-26-40(38)48-53-46(34-19-6-2-7-20-34)52-47(54-48)35-21-8-3-9-22-35/h1-32H. The molecule has 9 aromatic rings. The molecule has 0 bridgehead atoms. The molecule has 6 nitrogen and oxygen atoms in total. The van der Waals surface area contributed by atoms with Crippen molar-refractivity contribution in [1.82, 2.24) is 29.9 Å². The zero-order valence-electron chi connectivity index (χ0n) is 29.2. The van der Waals surface area contributed by atoms with Gasteiger partial charge in [0.1, 0.15) is 0 Å². The van der Waals surface area contributed by atoms with Crippen LogP contribution in [0, 0.1) is 0 Å². The van der Waals surface area contributed by atoms with Gasteiger partial charge in [0, 0.05) is 28.5 Å². The number of benzene rings is 5. The summed E-state index contributed by atoms with van der Waals surface area (Å²) in [5.41, 5.74) is 11.8. The fraction of sp³-hybridized carbons (Fsp3) is 0. The lowest BCUT2D eigenvalue weighted by Gasteiger charge is -2.15. The Morgan fingerprint density at radius 2 is 0.685 bits per heavy atom.